The quantitative estimate of drug-likeness (QED) is 0.231. The van der Waals surface area contributed by atoms with Crippen molar-refractivity contribution < 1.29 is 15.0 Å². The number of carbonyl (C=O) groups is 1. The van der Waals surface area contributed by atoms with Crippen LogP contribution in [0, 0.1) is 0 Å². The Morgan fingerprint density at radius 2 is 2.00 bits per heavy atom. The van der Waals surface area contributed by atoms with Crippen molar-refractivity contribution in [3.63, 3.8) is 0 Å². The van der Waals surface area contributed by atoms with Gasteiger partial charge in [-0.2, -0.15) is 0 Å². The molecule has 1 aromatic rings. The van der Waals surface area contributed by atoms with Gasteiger partial charge < -0.3 is 10.2 Å². The van der Waals surface area contributed by atoms with E-state index >= 15 is 0 Å². The van der Waals surface area contributed by atoms with Gasteiger partial charge in [-0.05, 0) is 6.07 Å². The summed E-state index contributed by atoms with van der Waals surface area (Å²) in [6.07, 6.45) is 0. The number of rotatable bonds is 2. The van der Waals surface area contributed by atoms with Crippen molar-refractivity contribution in [3.8, 4) is 0 Å². The first kappa shape index (κ1) is 10.9. The summed E-state index contributed by atoms with van der Waals surface area (Å²) in [5.41, 5.74) is 1.51. The van der Waals surface area contributed by atoms with Gasteiger partial charge in [-0.25, -0.2) is 5.84 Å². The molecule has 0 saturated heterocycles. The van der Waals surface area contributed by atoms with Crippen LogP contribution in [0.5, 0.6) is 0 Å². The van der Waals surface area contributed by atoms with E-state index in [9.17, 15) is 15.0 Å². The van der Waals surface area contributed by atoms with Gasteiger partial charge in [-0.1, -0.05) is 29.8 Å². The Balaban J connectivity index is 3.16. The van der Waals surface area contributed by atoms with E-state index in [2.05, 4.69) is 0 Å². The molecule has 14 heavy (non-hydrogen) atoms. The molecule has 5 nitrogen and oxygen atoms in total. The van der Waals surface area contributed by atoms with Crippen LogP contribution in [0.2, 0.25) is 5.02 Å². The number of nitrogens with two attached hydrogens (primary N) is 1. The molecule has 0 aliphatic carbocycles. The first-order chi connectivity index (χ1) is 6.50. The predicted molar refractivity (Wildman–Crippen MR) is 49.9 cm³/mol. The third-order valence-electron chi connectivity index (χ3n) is 1.70. The van der Waals surface area contributed by atoms with Crippen LogP contribution in [-0.4, -0.2) is 16.1 Å². The zero-order valence-corrected chi connectivity index (χ0v) is 7.82. The Labute approximate surface area is 85.1 Å². The van der Waals surface area contributed by atoms with E-state index < -0.39 is 11.7 Å². The average molecular weight is 217 g/mol. The second-order valence-electron chi connectivity index (χ2n) is 2.63. The van der Waals surface area contributed by atoms with E-state index in [4.69, 9.17) is 17.4 Å². The number of nitrogens with one attached hydrogen (secondary N) is 1. The van der Waals surface area contributed by atoms with Crippen molar-refractivity contribution in [3.05, 3.63) is 34.9 Å². The fraction of sp³-hybridized carbons (Fsp3) is 0.125. The number of halogens is 1. The van der Waals surface area contributed by atoms with Crippen LogP contribution < -0.4 is 11.3 Å². The molecular formula is C8H9ClN2O3. The Hall–Kier alpha value is -1.14. The third kappa shape index (κ3) is 1.85. The zero-order valence-electron chi connectivity index (χ0n) is 7.07. The summed E-state index contributed by atoms with van der Waals surface area (Å²) in [4.78, 5) is 11.0. The molecule has 0 bridgehead atoms. The van der Waals surface area contributed by atoms with Crippen molar-refractivity contribution in [2.75, 3.05) is 0 Å². The van der Waals surface area contributed by atoms with Gasteiger partial charge in [0.2, 0.25) is 0 Å². The maximum Gasteiger partial charge on any atom is 0.298 e. The molecule has 0 radical (unpaired) electrons. The molecule has 6 heteroatoms. The highest BCUT2D eigenvalue weighted by Crippen LogP contribution is 2.25. The topological polar surface area (TPSA) is 95.6 Å². The van der Waals surface area contributed by atoms with Gasteiger partial charge in [0, 0.05) is 10.6 Å². The van der Waals surface area contributed by atoms with Crippen LogP contribution >= 0.6 is 11.6 Å². The molecule has 0 aliphatic heterocycles. The first-order valence-electron chi connectivity index (χ1n) is 3.71. The van der Waals surface area contributed by atoms with Crippen molar-refractivity contribution in [2.24, 2.45) is 5.84 Å². The molecule has 76 valence electrons. The molecule has 1 rings (SSSR count). The molecule has 0 unspecified atom stereocenters. The van der Waals surface area contributed by atoms with Gasteiger partial charge in [0.25, 0.3) is 11.7 Å². The van der Waals surface area contributed by atoms with Gasteiger partial charge in [-0.15, -0.1) is 0 Å². The Morgan fingerprint density at radius 1 is 1.43 bits per heavy atom. The molecular weight excluding hydrogens is 208 g/mol. The summed E-state index contributed by atoms with van der Waals surface area (Å²) in [7, 11) is 0. The number of hydrogen-bond donors (Lipinski definition) is 4. The lowest BCUT2D eigenvalue weighted by Gasteiger charge is -2.20. The largest absolute Gasteiger partial charge is 0.354 e. The van der Waals surface area contributed by atoms with Gasteiger partial charge in [0.05, 0.1) is 0 Å². The Bertz CT molecular complexity index is 354. The Kier molecular flexibility index (Phi) is 3.07. The molecule has 0 heterocycles. The number of aliphatic hydroxyl groups is 2. The highest BCUT2D eigenvalue weighted by molar-refractivity contribution is 6.31. The highest BCUT2D eigenvalue weighted by atomic mass is 35.5. The molecule has 1 aromatic carbocycles. The van der Waals surface area contributed by atoms with Gasteiger partial charge in [0.15, 0.2) is 0 Å². The van der Waals surface area contributed by atoms with E-state index in [1.165, 1.54) is 18.2 Å². The van der Waals surface area contributed by atoms with Gasteiger partial charge in [0.1, 0.15) is 0 Å². The average Bonchev–Trinajstić information content (AvgIpc) is 2.17. The zero-order chi connectivity index (χ0) is 10.8. The number of hydrazine groups is 1. The molecule has 0 fully saturated rings. The second-order valence-corrected chi connectivity index (χ2v) is 3.03. The summed E-state index contributed by atoms with van der Waals surface area (Å²) < 4.78 is 0. The van der Waals surface area contributed by atoms with E-state index in [1.807, 2.05) is 0 Å². The lowest BCUT2D eigenvalue weighted by Crippen LogP contribution is -2.47. The first-order valence-corrected chi connectivity index (χ1v) is 4.08. The number of amides is 1. The van der Waals surface area contributed by atoms with Crippen LogP contribution in [0.25, 0.3) is 0 Å². The number of carbonyl (C=O) groups excluding carboxylic acids is 1. The molecule has 0 aliphatic rings. The summed E-state index contributed by atoms with van der Waals surface area (Å²) >= 11 is 5.67. The minimum absolute atomic E-state index is 0.0705. The van der Waals surface area contributed by atoms with Crippen LogP contribution in [-0.2, 0) is 10.6 Å². The summed E-state index contributed by atoms with van der Waals surface area (Å²) in [6.45, 7) is 0. The molecule has 0 aromatic heterocycles. The molecule has 0 atom stereocenters. The molecule has 5 N–H and O–H groups in total. The van der Waals surface area contributed by atoms with E-state index in [0.717, 1.165) is 0 Å². The summed E-state index contributed by atoms with van der Waals surface area (Å²) in [5, 5.41) is 18.9. The monoisotopic (exact) mass is 216 g/mol. The lowest BCUT2D eigenvalue weighted by atomic mass is 10.1. The van der Waals surface area contributed by atoms with Crippen molar-refractivity contribution in [1.82, 2.24) is 5.43 Å². The van der Waals surface area contributed by atoms with Crippen molar-refractivity contribution in [1.29, 1.82) is 0 Å². The lowest BCUT2D eigenvalue weighted by molar-refractivity contribution is -0.189. The predicted octanol–water partition coefficient (Wildman–Crippen LogP) is -0.533. The van der Waals surface area contributed by atoms with Crippen LogP contribution in [0.3, 0.4) is 0 Å². The van der Waals surface area contributed by atoms with E-state index in [0.29, 0.717) is 0 Å². The van der Waals surface area contributed by atoms with Crippen molar-refractivity contribution >= 4 is 17.5 Å². The summed E-state index contributed by atoms with van der Waals surface area (Å²) in [5.74, 6) is 0.920. The van der Waals surface area contributed by atoms with Crippen molar-refractivity contribution in [2.45, 2.75) is 5.79 Å². The maximum atomic E-state index is 11.0. The molecule has 0 saturated carbocycles. The van der Waals surface area contributed by atoms with Crippen LogP contribution in [0.1, 0.15) is 5.56 Å². The normalized spacial score (nSPS) is 11.1. The maximum absolute atomic E-state index is 11.0. The minimum Gasteiger partial charge on any atom is -0.354 e. The smallest absolute Gasteiger partial charge is 0.298 e. The SMILES string of the molecule is NNC(=O)C(O)(O)c1ccccc1Cl. The second kappa shape index (κ2) is 3.93. The fourth-order valence-corrected chi connectivity index (χ4v) is 1.23. The number of benzene rings is 1. The van der Waals surface area contributed by atoms with E-state index in [-0.39, 0.29) is 10.6 Å². The third-order valence-corrected chi connectivity index (χ3v) is 2.03. The molecule has 1 amide bonds. The standard InChI is InChI=1S/C8H9ClN2O3/c9-6-4-2-1-3-5(6)8(13,14)7(12)11-10/h1-4,13-14H,10H2,(H,11,12). The van der Waals surface area contributed by atoms with Gasteiger partial charge >= 0.3 is 0 Å². The minimum atomic E-state index is -2.72. The van der Waals surface area contributed by atoms with Crippen LogP contribution in [0.4, 0.5) is 0 Å². The summed E-state index contributed by atoms with van der Waals surface area (Å²) in [6, 6.07) is 5.87. The van der Waals surface area contributed by atoms with E-state index in [1.54, 1.807) is 11.5 Å². The van der Waals surface area contributed by atoms with Gasteiger partial charge in [-0.3, -0.25) is 10.2 Å². The fourth-order valence-electron chi connectivity index (χ4n) is 0.967. The Morgan fingerprint density at radius 3 is 2.50 bits per heavy atom. The number of hydrogen-bond acceptors (Lipinski definition) is 4. The molecule has 0 spiro atoms. The van der Waals surface area contributed by atoms with Crippen LogP contribution in [0.15, 0.2) is 24.3 Å². The highest BCUT2D eigenvalue weighted by Gasteiger charge is 2.36.